The maximum Gasteiger partial charge on any atom is 0.338 e. The van der Waals surface area contributed by atoms with Crippen LogP contribution in [0, 0.1) is 0 Å². The molecule has 0 aliphatic heterocycles. The predicted molar refractivity (Wildman–Crippen MR) is 94.1 cm³/mol. The number of ether oxygens (including phenoxy) is 1. The van der Waals surface area contributed by atoms with Gasteiger partial charge in [-0.3, -0.25) is 4.90 Å². The van der Waals surface area contributed by atoms with Gasteiger partial charge in [-0.05, 0) is 50.2 Å². The molecule has 0 radical (unpaired) electrons. The normalized spacial score (nSPS) is 19.6. The highest BCUT2D eigenvalue weighted by atomic mass is 35.5. The molecule has 0 amide bonds. The van der Waals surface area contributed by atoms with Crippen LogP contribution in [-0.2, 0) is 11.2 Å². The number of carbonyl (C=O) groups is 1. The summed E-state index contributed by atoms with van der Waals surface area (Å²) in [4.78, 5) is 14.5. The molecular formula is C19H22ClNO2. The Labute approximate surface area is 143 Å². The van der Waals surface area contributed by atoms with E-state index in [0.717, 1.165) is 12.8 Å². The number of aryl methyl sites for hydroxylation is 1. The van der Waals surface area contributed by atoms with E-state index in [1.807, 2.05) is 32.3 Å². The molecule has 0 spiro atoms. The number of fused-ring (bicyclic) bond motifs is 1. The lowest BCUT2D eigenvalue weighted by Gasteiger charge is -2.37. The van der Waals surface area contributed by atoms with Crippen LogP contribution in [0.5, 0.6) is 0 Å². The van der Waals surface area contributed by atoms with Gasteiger partial charge < -0.3 is 4.74 Å². The van der Waals surface area contributed by atoms with Crippen LogP contribution in [0.2, 0.25) is 0 Å². The summed E-state index contributed by atoms with van der Waals surface area (Å²) in [5.74, 6) is -0.239. The van der Waals surface area contributed by atoms with Gasteiger partial charge in [0.25, 0.3) is 0 Å². The van der Waals surface area contributed by atoms with Crippen molar-refractivity contribution in [2.75, 3.05) is 14.1 Å². The van der Waals surface area contributed by atoms with Crippen molar-refractivity contribution >= 4 is 18.4 Å². The molecule has 2 atom stereocenters. The zero-order chi connectivity index (χ0) is 15.5. The Morgan fingerprint density at radius 3 is 2.39 bits per heavy atom. The smallest absolute Gasteiger partial charge is 0.338 e. The third-order valence-corrected chi connectivity index (χ3v) is 4.25. The van der Waals surface area contributed by atoms with Gasteiger partial charge in [-0.2, -0.15) is 0 Å². The largest absolute Gasteiger partial charge is 0.457 e. The first kappa shape index (κ1) is 17.5. The molecule has 3 nitrogen and oxygen atoms in total. The van der Waals surface area contributed by atoms with Crippen molar-refractivity contribution in [1.82, 2.24) is 4.90 Å². The van der Waals surface area contributed by atoms with Crippen LogP contribution >= 0.6 is 12.4 Å². The molecule has 0 fully saturated rings. The molecule has 0 bridgehead atoms. The summed E-state index contributed by atoms with van der Waals surface area (Å²) in [5.41, 5.74) is 3.23. The standard InChI is InChI=1S/C19H21NO2.ClH/c1-20(2)18-16-11-7-6-8-14(16)12-13-17(18)22-19(21)15-9-4-3-5-10-15;/h3-11,17-18H,12-13H2,1-2H3;1H/t17-,18?;/m0./s1. The Morgan fingerprint density at radius 1 is 1.04 bits per heavy atom. The lowest BCUT2D eigenvalue weighted by Crippen LogP contribution is -2.38. The summed E-state index contributed by atoms with van der Waals surface area (Å²) in [5, 5.41) is 0. The molecule has 2 aromatic carbocycles. The van der Waals surface area contributed by atoms with Crippen molar-refractivity contribution in [2.45, 2.75) is 25.0 Å². The van der Waals surface area contributed by atoms with Crippen LogP contribution in [0.3, 0.4) is 0 Å². The second-order valence-electron chi connectivity index (χ2n) is 5.96. The number of benzene rings is 2. The molecule has 0 aromatic heterocycles. The van der Waals surface area contributed by atoms with Crippen molar-refractivity contribution in [2.24, 2.45) is 0 Å². The zero-order valence-corrected chi connectivity index (χ0v) is 14.3. The average molecular weight is 332 g/mol. The summed E-state index contributed by atoms with van der Waals surface area (Å²) >= 11 is 0. The number of esters is 1. The first-order valence-corrected chi connectivity index (χ1v) is 7.67. The Bertz CT molecular complexity index is 657. The molecule has 0 saturated heterocycles. The average Bonchev–Trinajstić information content (AvgIpc) is 2.55. The molecule has 0 heterocycles. The Balaban J connectivity index is 0.00000192. The lowest BCUT2D eigenvalue weighted by atomic mass is 9.85. The van der Waals surface area contributed by atoms with Crippen LogP contribution in [0.4, 0.5) is 0 Å². The zero-order valence-electron chi connectivity index (χ0n) is 13.4. The molecular weight excluding hydrogens is 310 g/mol. The minimum absolute atomic E-state index is 0. The van der Waals surface area contributed by atoms with Crippen molar-refractivity contribution in [3.05, 3.63) is 71.3 Å². The summed E-state index contributed by atoms with van der Waals surface area (Å²) in [7, 11) is 4.08. The third kappa shape index (κ3) is 3.74. The molecule has 3 rings (SSSR count). The van der Waals surface area contributed by atoms with Gasteiger partial charge in [-0.1, -0.05) is 42.5 Å². The van der Waals surface area contributed by atoms with Crippen molar-refractivity contribution in [3.8, 4) is 0 Å². The number of likely N-dealkylation sites (N-methyl/N-ethyl adjacent to an activating group) is 1. The van der Waals surface area contributed by atoms with Gasteiger partial charge in [0, 0.05) is 0 Å². The number of rotatable bonds is 3. The second kappa shape index (κ2) is 7.62. The minimum atomic E-state index is -0.239. The number of hydrogen-bond donors (Lipinski definition) is 0. The van der Waals surface area contributed by atoms with Crippen LogP contribution in [0.15, 0.2) is 54.6 Å². The summed E-state index contributed by atoms with van der Waals surface area (Å²) in [6.45, 7) is 0. The van der Waals surface area contributed by atoms with Crippen molar-refractivity contribution < 1.29 is 9.53 Å². The Morgan fingerprint density at radius 2 is 1.70 bits per heavy atom. The van der Waals surface area contributed by atoms with Crippen LogP contribution in [-0.4, -0.2) is 31.1 Å². The summed E-state index contributed by atoms with van der Waals surface area (Å²) < 4.78 is 5.83. The second-order valence-corrected chi connectivity index (χ2v) is 5.96. The topological polar surface area (TPSA) is 29.5 Å². The van der Waals surface area contributed by atoms with Gasteiger partial charge in [-0.25, -0.2) is 4.79 Å². The molecule has 122 valence electrons. The minimum Gasteiger partial charge on any atom is -0.457 e. The van der Waals surface area contributed by atoms with E-state index in [1.54, 1.807) is 12.1 Å². The number of carbonyl (C=O) groups excluding carboxylic acids is 1. The quantitative estimate of drug-likeness (QED) is 0.799. The van der Waals surface area contributed by atoms with E-state index >= 15 is 0 Å². The molecule has 1 unspecified atom stereocenters. The Kier molecular flexibility index (Phi) is 5.80. The highest BCUT2D eigenvalue weighted by Crippen LogP contribution is 2.35. The lowest BCUT2D eigenvalue weighted by molar-refractivity contribution is 0.0000494. The Hall–Kier alpha value is -1.84. The first-order valence-electron chi connectivity index (χ1n) is 7.67. The van der Waals surface area contributed by atoms with E-state index in [9.17, 15) is 4.79 Å². The van der Waals surface area contributed by atoms with Gasteiger partial charge in [-0.15, -0.1) is 12.4 Å². The van der Waals surface area contributed by atoms with Gasteiger partial charge in [0.15, 0.2) is 0 Å². The van der Waals surface area contributed by atoms with Crippen LogP contribution in [0.25, 0.3) is 0 Å². The number of nitrogens with zero attached hydrogens (tertiary/aromatic N) is 1. The van der Waals surface area contributed by atoms with Crippen molar-refractivity contribution in [3.63, 3.8) is 0 Å². The molecule has 1 aliphatic carbocycles. The molecule has 4 heteroatoms. The van der Waals surface area contributed by atoms with E-state index in [-0.39, 0.29) is 30.5 Å². The van der Waals surface area contributed by atoms with Gasteiger partial charge in [0.05, 0.1) is 11.6 Å². The van der Waals surface area contributed by atoms with E-state index in [4.69, 9.17) is 4.74 Å². The third-order valence-electron chi connectivity index (χ3n) is 4.25. The van der Waals surface area contributed by atoms with Gasteiger partial charge in [0.1, 0.15) is 6.10 Å². The number of halogens is 1. The van der Waals surface area contributed by atoms with E-state index < -0.39 is 0 Å². The first-order chi connectivity index (χ1) is 10.7. The van der Waals surface area contributed by atoms with Gasteiger partial charge >= 0.3 is 5.97 Å². The maximum atomic E-state index is 12.4. The van der Waals surface area contributed by atoms with E-state index in [0.29, 0.717) is 5.56 Å². The molecule has 2 aromatic rings. The molecule has 0 N–H and O–H groups in total. The van der Waals surface area contributed by atoms with Crippen LogP contribution in [0.1, 0.15) is 33.9 Å². The SMILES string of the molecule is CN(C)C1c2ccccc2CC[C@@H]1OC(=O)c1ccccc1.Cl. The monoisotopic (exact) mass is 331 g/mol. The fourth-order valence-corrected chi connectivity index (χ4v) is 3.22. The molecule has 0 saturated carbocycles. The molecule has 23 heavy (non-hydrogen) atoms. The fourth-order valence-electron chi connectivity index (χ4n) is 3.22. The number of hydrogen-bond acceptors (Lipinski definition) is 3. The predicted octanol–water partition coefficient (Wildman–Crippen LogP) is 3.88. The highest BCUT2D eigenvalue weighted by Gasteiger charge is 2.33. The van der Waals surface area contributed by atoms with Gasteiger partial charge in [0.2, 0.25) is 0 Å². The van der Waals surface area contributed by atoms with Crippen LogP contribution < -0.4 is 0 Å². The molecule has 1 aliphatic rings. The van der Waals surface area contributed by atoms with E-state index in [1.165, 1.54) is 11.1 Å². The highest BCUT2D eigenvalue weighted by molar-refractivity contribution is 5.89. The van der Waals surface area contributed by atoms with Crippen molar-refractivity contribution in [1.29, 1.82) is 0 Å². The van der Waals surface area contributed by atoms with E-state index in [2.05, 4.69) is 29.2 Å². The fraction of sp³-hybridized carbons (Fsp3) is 0.316. The summed E-state index contributed by atoms with van der Waals surface area (Å²) in [6.07, 6.45) is 1.70. The maximum absolute atomic E-state index is 12.4. The summed E-state index contributed by atoms with van der Waals surface area (Å²) in [6, 6.07) is 17.7.